The highest BCUT2D eigenvalue weighted by Crippen LogP contribution is 2.31. The first kappa shape index (κ1) is 13.9. The molecule has 1 unspecified atom stereocenters. The number of aliphatic hydroxyl groups is 1. The molecule has 1 fully saturated rings. The molecule has 1 aromatic carbocycles. The fourth-order valence-electron chi connectivity index (χ4n) is 2.69. The van der Waals surface area contributed by atoms with Crippen molar-refractivity contribution >= 4 is 21.6 Å². The Labute approximate surface area is 118 Å². The number of benzene rings is 1. The van der Waals surface area contributed by atoms with Crippen LogP contribution in [0.2, 0.25) is 0 Å². The van der Waals surface area contributed by atoms with E-state index in [0.717, 1.165) is 16.6 Å². The van der Waals surface area contributed by atoms with Crippen LogP contribution in [0.25, 0.3) is 0 Å². The molecule has 2 atom stereocenters. The highest BCUT2D eigenvalue weighted by molar-refractivity contribution is 9.10. The number of halogens is 1. The number of anilines is 1. The van der Waals surface area contributed by atoms with Crippen LogP contribution in [0.4, 0.5) is 5.69 Å². The van der Waals surface area contributed by atoms with Crippen molar-refractivity contribution in [2.45, 2.75) is 51.7 Å². The molecule has 1 saturated heterocycles. The normalized spacial score (nSPS) is 22.7. The lowest BCUT2D eigenvalue weighted by molar-refractivity contribution is 0.198. The van der Waals surface area contributed by atoms with Crippen LogP contribution < -0.4 is 4.90 Å². The van der Waals surface area contributed by atoms with E-state index in [0.29, 0.717) is 6.04 Å². The Morgan fingerprint density at radius 3 is 2.78 bits per heavy atom. The molecular weight excluding hydrogens is 290 g/mol. The van der Waals surface area contributed by atoms with Gasteiger partial charge in [-0.1, -0.05) is 34.8 Å². The van der Waals surface area contributed by atoms with Crippen LogP contribution >= 0.6 is 15.9 Å². The molecule has 1 aromatic rings. The van der Waals surface area contributed by atoms with Crippen LogP contribution in [0, 0.1) is 0 Å². The zero-order valence-electron chi connectivity index (χ0n) is 11.2. The Morgan fingerprint density at radius 1 is 1.33 bits per heavy atom. The van der Waals surface area contributed by atoms with E-state index in [1.54, 1.807) is 6.92 Å². The van der Waals surface area contributed by atoms with Gasteiger partial charge < -0.3 is 10.0 Å². The monoisotopic (exact) mass is 311 g/mol. The maximum Gasteiger partial charge on any atom is 0.0772 e. The first-order valence-electron chi connectivity index (χ1n) is 6.83. The molecular formula is C15H22BrNO. The third-order valence-corrected chi connectivity index (χ3v) is 4.51. The lowest BCUT2D eigenvalue weighted by atomic mass is 10.1. The predicted molar refractivity (Wildman–Crippen MR) is 80.1 cm³/mol. The topological polar surface area (TPSA) is 23.5 Å². The number of hydrogen-bond donors (Lipinski definition) is 1. The van der Waals surface area contributed by atoms with Gasteiger partial charge in [0.1, 0.15) is 0 Å². The van der Waals surface area contributed by atoms with E-state index in [2.05, 4.69) is 39.9 Å². The predicted octanol–water partition coefficient (Wildman–Crippen LogP) is 4.27. The molecule has 1 aliphatic heterocycles. The maximum absolute atomic E-state index is 9.66. The first-order chi connectivity index (χ1) is 8.59. The van der Waals surface area contributed by atoms with Gasteiger partial charge >= 0.3 is 0 Å². The third-order valence-electron chi connectivity index (χ3n) is 3.82. The van der Waals surface area contributed by atoms with E-state index in [9.17, 15) is 5.11 Å². The smallest absolute Gasteiger partial charge is 0.0772 e. The van der Waals surface area contributed by atoms with Gasteiger partial charge in [-0.05, 0) is 44.4 Å². The van der Waals surface area contributed by atoms with Crippen molar-refractivity contribution in [2.24, 2.45) is 0 Å². The van der Waals surface area contributed by atoms with Crippen LogP contribution in [-0.2, 0) is 0 Å². The molecule has 1 heterocycles. The minimum absolute atomic E-state index is 0.421. The number of hydrogen-bond acceptors (Lipinski definition) is 2. The molecule has 18 heavy (non-hydrogen) atoms. The summed E-state index contributed by atoms with van der Waals surface area (Å²) >= 11 is 3.57. The molecule has 1 aliphatic rings. The van der Waals surface area contributed by atoms with E-state index < -0.39 is 6.10 Å². The molecule has 0 aliphatic carbocycles. The SMILES string of the molecule is CC1CCCCCN1c1ccc([C@@H](C)O)c(Br)c1. The Hall–Kier alpha value is -0.540. The maximum atomic E-state index is 9.66. The Kier molecular flexibility index (Phi) is 4.68. The lowest BCUT2D eigenvalue weighted by Crippen LogP contribution is -2.32. The van der Waals surface area contributed by atoms with Crippen molar-refractivity contribution in [2.75, 3.05) is 11.4 Å². The van der Waals surface area contributed by atoms with Crippen molar-refractivity contribution in [1.29, 1.82) is 0 Å². The quantitative estimate of drug-likeness (QED) is 0.881. The van der Waals surface area contributed by atoms with E-state index in [1.807, 2.05) is 6.07 Å². The van der Waals surface area contributed by atoms with E-state index >= 15 is 0 Å². The molecule has 0 radical (unpaired) electrons. The summed E-state index contributed by atoms with van der Waals surface area (Å²) < 4.78 is 1.01. The molecule has 100 valence electrons. The van der Waals surface area contributed by atoms with Gasteiger partial charge in [0.05, 0.1) is 6.10 Å². The first-order valence-corrected chi connectivity index (χ1v) is 7.63. The summed E-state index contributed by atoms with van der Waals surface area (Å²) in [6, 6.07) is 6.91. The molecule has 2 rings (SSSR count). The second-order valence-electron chi connectivity index (χ2n) is 5.27. The zero-order valence-corrected chi connectivity index (χ0v) is 12.8. The fraction of sp³-hybridized carbons (Fsp3) is 0.600. The number of rotatable bonds is 2. The van der Waals surface area contributed by atoms with Crippen LogP contribution in [0.15, 0.2) is 22.7 Å². The van der Waals surface area contributed by atoms with Gasteiger partial charge in [0, 0.05) is 22.7 Å². The summed E-state index contributed by atoms with van der Waals surface area (Å²) in [5.74, 6) is 0. The van der Waals surface area contributed by atoms with Crippen LogP contribution in [0.5, 0.6) is 0 Å². The van der Waals surface area contributed by atoms with Crippen LogP contribution in [-0.4, -0.2) is 17.7 Å². The molecule has 0 spiro atoms. The highest BCUT2D eigenvalue weighted by Gasteiger charge is 2.18. The van der Waals surface area contributed by atoms with Crippen LogP contribution in [0.3, 0.4) is 0 Å². The average molecular weight is 312 g/mol. The molecule has 2 nitrogen and oxygen atoms in total. The van der Waals surface area contributed by atoms with Gasteiger partial charge in [-0.3, -0.25) is 0 Å². The zero-order chi connectivity index (χ0) is 13.1. The fourth-order valence-corrected chi connectivity index (χ4v) is 3.39. The molecule has 0 saturated carbocycles. The largest absolute Gasteiger partial charge is 0.389 e. The second kappa shape index (κ2) is 6.07. The van der Waals surface area contributed by atoms with Crippen molar-refractivity contribution < 1.29 is 5.11 Å². The summed E-state index contributed by atoms with van der Waals surface area (Å²) in [6.07, 6.45) is 4.81. The minimum Gasteiger partial charge on any atom is -0.389 e. The van der Waals surface area contributed by atoms with E-state index in [-0.39, 0.29) is 0 Å². The van der Waals surface area contributed by atoms with Crippen molar-refractivity contribution in [1.82, 2.24) is 0 Å². The Morgan fingerprint density at radius 2 is 2.11 bits per heavy atom. The minimum atomic E-state index is -0.421. The molecule has 0 aromatic heterocycles. The van der Waals surface area contributed by atoms with Crippen LogP contribution in [0.1, 0.15) is 51.2 Å². The molecule has 0 amide bonds. The van der Waals surface area contributed by atoms with Gasteiger partial charge in [-0.2, -0.15) is 0 Å². The van der Waals surface area contributed by atoms with Gasteiger partial charge in [0.15, 0.2) is 0 Å². The van der Waals surface area contributed by atoms with Gasteiger partial charge in [0.25, 0.3) is 0 Å². The molecule has 1 N–H and O–H groups in total. The number of nitrogens with zero attached hydrogens (tertiary/aromatic N) is 1. The molecule has 0 bridgehead atoms. The van der Waals surface area contributed by atoms with Gasteiger partial charge in [-0.15, -0.1) is 0 Å². The van der Waals surface area contributed by atoms with E-state index in [4.69, 9.17) is 0 Å². The summed E-state index contributed by atoms with van der Waals surface area (Å²) in [7, 11) is 0. The van der Waals surface area contributed by atoms with Crippen molar-refractivity contribution in [3.63, 3.8) is 0 Å². The Balaban J connectivity index is 2.24. The van der Waals surface area contributed by atoms with Gasteiger partial charge in [0.2, 0.25) is 0 Å². The van der Waals surface area contributed by atoms with Crippen molar-refractivity contribution in [3.05, 3.63) is 28.2 Å². The highest BCUT2D eigenvalue weighted by atomic mass is 79.9. The summed E-state index contributed by atoms with van der Waals surface area (Å²) in [5, 5.41) is 9.66. The Bertz CT molecular complexity index is 405. The standard InChI is InChI=1S/C15H22BrNO/c1-11-6-4-3-5-9-17(11)13-7-8-14(12(2)18)15(16)10-13/h7-8,10-12,18H,3-6,9H2,1-2H3/t11?,12-/m1/s1. The van der Waals surface area contributed by atoms with Gasteiger partial charge in [-0.25, -0.2) is 0 Å². The summed E-state index contributed by atoms with van der Waals surface area (Å²) in [6.45, 7) is 5.25. The lowest BCUT2D eigenvalue weighted by Gasteiger charge is -2.30. The third kappa shape index (κ3) is 3.07. The summed E-state index contributed by atoms with van der Waals surface area (Å²) in [5.41, 5.74) is 2.22. The van der Waals surface area contributed by atoms with Crippen molar-refractivity contribution in [3.8, 4) is 0 Å². The number of aliphatic hydroxyl groups excluding tert-OH is 1. The summed E-state index contributed by atoms with van der Waals surface area (Å²) in [4.78, 5) is 2.49. The molecule has 3 heteroatoms. The second-order valence-corrected chi connectivity index (χ2v) is 6.13. The van der Waals surface area contributed by atoms with E-state index in [1.165, 1.54) is 31.4 Å². The average Bonchev–Trinajstić information content (AvgIpc) is 2.53.